The average Bonchev–Trinajstić information content (AvgIpc) is 3.04. The van der Waals surface area contributed by atoms with Gasteiger partial charge in [0.05, 0.1) is 17.9 Å². The molecule has 0 bridgehead atoms. The van der Waals surface area contributed by atoms with Crippen LogP contribution in [0.15, 0.2) is 36.9 Å². The van der Waals surface area contributed by atoms with Crippen LogP contribution >= 0.6 is 12.2 Å². The topological polar surface area (TPSA) is 47.8 Å². The molecule has 3 aromatic rings. The van der Waals surface area contributed by atoms with Crippen LogP contribution in [-0.4, -0.2) is 25.2 Å². The first-order valence-electron chi connectivity index (χ1n) is 6.99. The molecule has 1 aromatic carbocycles. The lowest BCUT2D eigenvalue weighted by molar-refractivity contribution is 0.245. The van der Waals surface area contributed by atoms with Gasteiger partial charge in [0.15, 0.2) is 4.77 Å². The van der Waals surface area contributed by atoms with E-state index in [-0.39, 0.29) is 6.10 Å². The number of aromatic amines is 1. The molecule has 110 valence electrons. The molecule has 6 heteroatoms. The number of ether oxygens (including phenoxy) is 1. The monoisotopic (exact) mass is 302 g/mol. The molecule has 0 spiro atoms. The van der Waals surface area contributed by atoms with Crippen LogP contribution in [0.1, 0.15) is 13.8 Å². The predicted molar refractivity (Wildman–Crippen MR) is 85.1 cm³/mol. The van der Waals surface area contributed by atoms with E-state index in [9.17, 15) is 0 Å². The Labute approximate surface area is 128 Å². The van der Waals surface area contributed by atoms with Gasteiger partial charge < -0.3 is 18.9 Å². The maximum absolute atomic E-state index is 5.84. The summed E-state index contributed by atoms with van der Waals surface area (Å²) >= 11 is 5.45. The van der Waals surface area contributed by atoms with E-state index in [0.717, 1.165) is 29.9 Å². The Balaban J connectivity index is 1.95. The van der Waals surface area contributed by atoms with E-state index < -0.39 is 0 Å². The molecule has 5 nitrogen and oxygen atoms in total. The highest BCUT2D eigenvalue weighted by molar-refractivity contribution is 7.71. The predicted octanol–water partition coefficient (Wildman–Crippen LogP) is 3.38. The summed E-state index contributed by atoms with van der Waals surface area (Å²) in [6, 6.07) is 6.02. The van der Waals surface area contributed by atoms with E-state index >= 15 is 0 Å². The van der Waals surface area contributed by atoms with Crippen molar-refractivity contribution in [3.05, 3.63) is 41.7 Å². The molecule has 21 heavy (non-hydrogen) atoms. The number of hydrogen-bond acceptors (Lipinski definition) is 3. The number of aryl methyl sites for hydroxylation is 2. The highest BCUT2D eigenvalue weighted by Crippen LogP contribution is 2.25. The van der Waals surface area contributed by atoms with E-state index in [0.29, 0.717) is 4.77 Å². The Morgan fingerprint density at radius 1 is 1.33 bits per heavy atom. The zero-order valence-corrected chi connectivity index (χ0v) is 12.9. The summed E-state index contributed by atoms with van der Waals surface area (Å²) in [7, 11) is 0. The van der Waals surface area contributed by atoms with Crippen LogP contribution in [0.5, 0.6) is 5.75 Å². The lowest BCUT2D eigenvalue weighted by Crippen LogP contribution is -2.07. The molecule has 0 aliphatic heterocycles. The summed E-state index contributed by atoms with van der Waals surface area (Å²) in [4.78, 5) is 7.31. The molecular weight excluding hydrogens is 284 g/mol. The maximum Gasteiger partial charge on any atom is 0.178 e. The summed E-state index contributed by atoms with van der Waals surface area (Å²) in [5.74, 6) is 0.843. The number of hydrogen-bond donors (Lipinski definition) is 1. The number of para-hydroxylation sites is 1. The Hall–Kier alpha value is -2.08. The van der Waals surface area contributed by atoms with Gasteiger partial charge in [-0.25, -0.2) is 4.98 Å². The Kier molecular flexibility index (Phi) is 3.79. The van der Waals surface area contributed by atoms with E-state index in [4.69, 9.17) is 17.0 Å². The first kappa shape index (κ1) is 13.9. The molecule has 0 atom stereocenters. The van der Waals surface area contributed by atoms with E-state index in [1.54, 1.807) is 6.20 Å². The average molecular weight is 302 g/mol. The molecule has 0 aliphatic rings. The largest absolute Gasteiger partial charge is 0.489 e. The number of nitrogens with one attached hydrogen (secondary N) is 1. The van der Waals surface area contributed by atoms with Crippen molar-refractivity contribution in [1.82, 2.24) is 19.1 Å². The van der Waals surface area contributed by atoms with Crippen molar-refractivity contribution in [3.8, 4) is 5.75 Å². The fourth-order valence-electron chi connectivity index (χ4n) is 2.36. The lowest BCUT2D eigenvalue weighted by Gasteiger charge is -2.10. The van der Waals surface area contributed by atoms with E-state index in [2.05, 4.69) is 20.6 Å². The number of benzene rings is 1. The summed E-state index contributed by atoms with van der Waals surface area (Å²) in [5.41, 5.74) is 2.03. The van der Waals surface area contributed by atoms with Gasteiger partial charge >= 0.3 is 0 Å². The number of imidazole rings is 2. The van der Waals surface area contributed by atoms with Crippen LogP contribution in [0.4, 0.5) is 0 Å². The normalized spacial score (nSPS) is 11.4. The van der Waals surface area contributed by atoms with Crippen molar-refractivity contribution < 1.29 is 4.74 Å². The number of rotatable bonds is 5. The molecular formula is C15H18N4OS. The molecule has 0 saturated heterocycles. The molecule has 0 saturated carbocycles. The van der Waals surface area contributed by atoms with Gasteiger partial charge in [-0.15, -0.1) is 0 Å². The van der Waals surface area contributed by atoms with E-state index in [1.807, 2.05) is 43.1 Å². The zero-order valence-electron chi connectivity index (χ0n) is 12.1. The number of H-pyrrole nitrogens is 1. The van der Waals surface area contributed by atoms with Gasteiger partial charge in [0.2, 0.25) is 0 Å². The molecule has 0 radical (unpaired) electrons. The number of fused-ring (bicyclic) bond motifs is 1. The fourth-order valence-corrected chi connectivity index (χ4v) is 2.65. The third-order valence-corrected chi connectivity index (χ3v) is 3.60. The first-order valence-corrected chi connectivity index (χ1v) is 7.40. The SMILES string of the molecule is CC(C)Oc1cccc2c1[nH]c(=S)n2CCn1ccnc1. The second-order valence-corrected chi connectivity index (χ2v) is 5.59. The minimum absolute atomic E-state index is 0.131. The fraction of sp³-hybridized carbons (Fsp3) is 0.333. The van der Waals surface area contributed by atoms with Gasteiger partial charge in [-0.3, -0.25) is 0 Å². The first-order chi connectivity index (χ1) is 10.1. The highest BCUT2D eigenvalue weighted by Gasteiger charge is 2.10. The van der Waals surface area contributed by atoms with Crippen molar-refractivity contribution in [2.24, 2.45) is 0 Å². The van der Waals surface area contributed by atoms with Crippen LogP contribution in [0.3, 0.4) is 0 Å². The van der Waals surface area contributed by atoms with Gasteiger partial charge in [0, 0.05) is 25.5 Å². The van der Waals surface area contributed by atoms with Gasteiger partial charge in [0.25, 0.3) is 0 Å². The van der Waals surface area contributed by atoms with Crippen LogP contribution in [0, 0.1) is 4.77 Å². The van der Waals surface area contributed by atoms with Crippen molar-refractivity contribution in [3.63, 3.8) is 0 Å². The molecule has 0 amide bonds. The molecule has 1 N–H and O–H groups in total. The third kappa shape index (κ3) is 2.85. The lowest BCUT2D eigenvalue weighted by atomic mass is 10.3. The van der Waals surface area contributed by atoms with Gasteiger partial charge in [-0.05, 0) is 38.2 Å². The second-order valence-electron chi connectivity index (χ2n) is 5.20. The summed E-state index contributed by atoms with van der Waals surface area (Å²) in [5, 5.41) is 0. The minimum Gasteiger partial charge on any atom is -0.489 e. The quantitative estimate of drug-likeness (QED) is 0.735. The molecule has 0 unspecified atom stereocenters. The maximum atomic E-state index is 5.84. The highest BCUT2D eigenvalue weighted by atomic mass is 32.1. The third-order valence-electron chi connectivity index (χ3n) is 3.28. The Bertz CT molecular complexity index is 786. The molecule has 3 rings (SSSR count). The van der Waals surface area contributed by atoms with Gasteiger partial charge in [-0.1, -0.05) is 6.07 Å². The Morgan fingerprint density at radius 2 is 2.19 bits per heavy atom. The van der Waals surface area contributed by atoms with Crippen molar-refractivity contribution in [1.29, 1.82) is 0 Å². The zero-order chi connectivity index (χ0) is 14.8. The van der Waals surface area contributed by atoms with Crippen LogP contribution < -0.4 is 4.74 Å². The van der Waals surface area contributed by atoms with Crippen LogP contribution in [0.2, 0.25) is 0 Å². The van der Waals surface area contributed by atoms with Crippen LogP contribution in [0.25, 0.3) is 11.0 Å². The van der Waals surface area contributed by atoms with Gasteiger partial charge in [-0.2, -0.15) is 0 Å². The smallest absolute Gasteiger partial charge is 0.178 e. The van der Waals surface area contributed by atoms with Crippen molar-refractivity contribution in [2.75, 3.05) is 0 Å². The summed E-state index contributed by atoms with van der Waals surface area (Å²) in [6.07, 6.45) is 5.67. The second kappa shape index (κ2) is 5.73. The summed E-state index contributed by atoms with van der Waals surface area (Å²) < 4.78 is 10.7. The van der Waals surface area contributed by atoms with E-state index in [1.165, 1.54) is 0 Å². The number of nitrogens with zero attached hydrogens (tertiary/aromatic N) is 3. The van der Waals surface area contributed by atoms with Crippen molar-refractivity contribution >= 4 is 23.3 Å². The molecule has 0 fully saturated rings. The molecule has 2 heterocycles. The van der Waals surface area contributed by atoms with Crippen LogP contribution in [-0.2, 0) is 13.1 Å². The molecule has 2 aromatic heterocycles. The molecule has 0 aliphatic carbocycles. The number of aromatic nitrogens is 4. The van der Waals surface area contributed by atoms with Crippen molar-refractivity contribution in [2.45, 2.75) is 33.0 Å². The standard InChI is InChI=1S/C15H18N4OS/c1-11(2)20-13-5-3-4-12-14(13)17-15(21)19(12)9-8-18-7-6-16-10-18/h3-7,10-11H,8-9H2,1-2H3,(H,17,21). The summed E-state index contributed by atoms with van der Waals surface area (Å²) in [6.45, 7) is 5.66. The van der Waals surface area contributed by atoms with Gasteiger partial charge in [0.1, 0.15) is 11.3 Å². The minimum atomic E-state index is 0.131. The Morgan fingerprint density at radius 3 is 2.90 bits per heavy atom.